The lowest BCUT2D eigenvalue weighted by atomic mass is 10.1. The highest BCUT2D eigenvalue weighted by Gasteiger charge is 2.30. The van der Waals surface area contributed by atoms with E-state index in [0.29, 0.717) is 6.54 Å². The number of tetrazole rings is 1. The predicted octanol–water partition coefficient (Wildman–Crippen LogP) is 0.527. The van der Waals surface area contributed by atoms with Crippen molar-refractivity contribution in [3.63, 3.8) is 0 Å². The van der Waals surface area contributed by atoms with Crippen molar-refractivity contribution in [2.45, 2.75) is 26.4 Å². The number of hydrogen-bond acceptors (Lipinski definition) is 4. The minimum absolute atomic E-state index is 0.0263. The Morgan fingerprint density at radius 3 is 3.00 bits per heavy atom. The predicted molar refractivity (Wildman–Crippen MR) is 62.8 cm³/mol. The second kappa shape index (κ2) is 3.94. The highest BCUT2D eigenvalue weighted by molar-refractivity contribution is 5.90. The van der Waals surface area contributed by atoms with E-state index < -0.39 is 0 Å². The number of aromatic amines is 1. The lowest BCUT2D eigenvalue weighted by molar-refractivity contribution is 0.0630. The van der Waals surface area contributed by atoms with Crippen molar-refractivity contribution in [2.75, 3.05) is 6.54 Å². The van der Waals surface area contributed by atoms with Gasteiger partial charge < -0.3 is 9.47 Å². The number of carbonyl (C=O) groups excluding carboxylic acids is 1. The molecule has 1 atom stereocenters. The fourth-order valence-corrected chi connectivity index (χ4v) is 2.48. The van der Waals surface area contributed by atoms with E-state index in [2.05, 4.69) is 44.2 Å². The van der Waals surface area contributed by atoms with E-state index in [-0.39, 0.29) is 17.8 Å². The summed E-state index contributed by atoms with van der Waals surface area (Å²) >= 11 is 0. The Balaban J connectivity index is 1.91. The smallest absolute Gasteiger partial charge is 0.296 e. The van der Waals surface area contributed by atoms with Crippen LogP contribution >= 0.6 is 0 Å². The molecule has 1 amide bonds. The summed E-state index contributed by atoms with van der Waals surface area (Å²) in [5, 5.41) is 13.2. The van der Waals surface area contributed by atoms with Gasteiger partial charge in [-0.05, 0) is 31.2 Å². The van der Waals surface area contributed by atoms with Crippen molar-refractivity contribution in [2.24, 2.45) is 0 Å². The van der Waals surface area contributed by atoms with Crippen LogP contribution in [0.5, 0.6) is 0 Å². The van der Waals surface area contributed by atoms with Crippen LogP contribution in [0.15, 0.2) is 12.1 Å². The fourth-order valence-electron chi connectivity index (χ4n) is 2.48. The molecule has 2 aromatic rings. The van der Waals surface area contributed by atoms with Crippen LogP contribution in [0.4, 0.5) is 0 Å². The second-order valence-electron chi connectivity index (χ2n) is 4.46. The number of aryl methyl sites for hydroxylation is 1. The molecule has 18 heavy (non-hydrogen) atoms. The van der Waals surface area contributed by atoms with E-state index >= 15 is 0 Å². The molecule has 1 N–H and O–H groups in total. The molecule has 0 fully saturated rings. The molecular formula is C11H14N6O. The van der Waals surface area contributed by atoms with E-state index in [1.165, 1.54) is 5.69 Å². The van der Waals surface area contributed by atoms with Crippen LogP contribution in [0, 0.1) is 6.92 Å². The van der Waals surface area contributed by atoms with Gasteiger partial charge in [0.15, 0.2) is 0 Å². The molecule has 0 aromatic carbocycles. The van der Waals surface area contributed by atoms with Crippen molar-refractivity contribution >= 4 is 5.91 Å². The molecule has 94 valence electrons. The maximum atomic E-state index is 12.2. The molecule has 0 saturated heterocycles. The summed E-state index contributed by atoms with van der Waals surface area (Å²) in [6, 6.07) is 4.17. The summed E-state index contributed by atoms with van der Waals surface area (Å²) in [7, 11) is 0. The summed E-state index contributed by atoms with van der Waals surface area (Å²) in [6.07, 6.45) is 0. The van der Waals surface area contributed by atoms with Crippen LogP contribution in [0.2, 0.25) is 0 Å². The van der Waals surface area contributed by atoms with Crippen LogP contribution in [0.3, 0.4) is 0 Å². The first kappa shape index (κ1) is 10.9. The highest BCUT2D eigenvalue weighted by Crippen LogP contribution is 2.27. The van der Waals surface area contributed by atoms with Crippen LogP contribution in [-0.4, -0.2) is 42.5 Å². The van der Waals surface area contributed by atoms with Crippen molar-refractivity contribution in [3.05, 3.63) is 29.3 Å². The molecule has 0 spiro atoms. The molecule has 1 aliphatic rings. The molecule has 0 bridgehead atoms. The first-order valence-corrected chi connectivity index (χ1v) is 5.89. The first-order chi connectivity index (χ1) is 8.68. The number of rotatable bonds is 1. The molecule has 0 radical (unpaired) electrons. The third-order valence-electron chi connectivity index (χ3n) is 3.49. The quantitative estimate of drug-likeness (QED) is 0.795. The minimum Gasteiger partial charge on any atom is -0.345 e. The normalized spacial score (nSPS) is 18.8. The third-order valence-corrected chi connectivity index (χ3v) is 3.49. The van der Waals surface area contributed by atoms with Crippen LogP contribution in [0.1, 0.15) is 35.0 Å². The van der Waals surface area contributed by atoms with E-state index in [1.54, 1.807) is 4.90 Å². The Hall–Kier alpha value is -2.18. The van der Waals surface area contributed by atoms with Crippen molar-refractivity contribution in [1.82, 2.24) is 30.1 Å². The maximum absolute atomic E-state index is 12.2. The molecular weight excluding hydrogens is 232 g/mol. The Morgan fingerprint density at radius 1 is 1.44 bits per heavy atom. The number of aromatic nitrogens is 5. The lowest BCUT2D eigenvalue weighted by Gasteiger charge is -2.34. The number of carbonyl (C=O) groups is 1. The molecule has 7 nitrogen and oxygen atoms in total. The first-order valence-electron chi connectivity index (χ1n) is 5.89. The van der Waals surface area contributed by atoms with Gasteiger partial charge in [-0.15, -0.1) is 10.2 Å². The van der Waals surface area contributed by atoms with Gasteiger partial charge in [-0.2, -0.15) is 5.21 Å². The van der Waals surface area contributed by atoms with E-state index in [9.17, 15) is 4.79 Å². The van der Waals surface area contributed by atoms with Gasteiger partial charge in [-0.1, -0.05) is 0 Å². The van der Waals surface area contributed by atoms with E-state index in [0.717, 1.165) is 12.2 Å². The summed E-state index contributed by atoms with van der Waals surface area (Å²) in [6.45, 7) is 5.56. The van der Waals surface area contributed by atoms with Crippen molar-refractivity contribution in [3.8, 4) is 0 Å². The van der Waals surface area contributed by atoms with Gasteiger partial charge >= 0.3 is 0 Å². The highest BCUT2D eigenvalue weighted by atomic mass is 16.2. The summed E-state index contributed by atoms with van der Waals surface area (Å²) in [5.74, 6) is -0.0556. The van der Waals surface area contributed by atoms with Gasteiger partial charge in [-0.25, -0.2) is 0 Å². The molecule has 1 aliphatic heterocycles. The second-order valence-corrected chi connectivity index (χ2v) is 4.46. The number of amides is 1. The minimum atomic E-state index is -0.179. The number of nitrogens with one attached hydrogen (secondary N) is 1. The molecule has 7 heteroatoms. The van der Waals surface area contributed by atoms with Gasteiger partial charge in [-0.3, -0.25) is 4.79 Å². The molecule has 0 saturated carbocycles. The summed E-state index contributed by atoms with van der Waals surface area (Å²) in [5.41, 5.74) is 2.37. The number of hydrogen-bond donors (Lipinski definition) is 1. The van der Waals surface area contributed by atoms with Crippen LogP contribution in [-0.2, 0) is 6.54 Å². The lowest BCUT2D eigenvalue weighted by Crippen LogP contribution is -2.41. The number of H-pyrrole nitrogens is 1. The van der Waals surface area contributed by atoms with E-state index in [1.807, 2.05) is 6.92 Å². The van der Waals surface area contributed by atoms with E-state index in [4.69, 9.17) is 0 Å². The average molecular weight is 246 g/mol. The molecule has 0 aliphatic carbocycles. The number of fused-ring (bicyclic) bond motifs is 1. The van der Waals surface area contributed by atoms with Gasteiger partial charge in [0.2, 0.25) is 0 Å². The number of nitrogens with zero attached hydrogens (tertiary/aromatic N) is 5. The summed E-state index contributed by atoms with van der Waals surface area (Å²) in [4.78, 5) is 14.0. The van der Waals surface area contributed by atoms with Crippen molar-refractivity contribution < 1.29 is 4.79 Å². The summed E-state index contributed by atoms with van der Waals surface area (Å²) < 4.78 is 2.24. The Morgan fingerprint density at radius 2 is 2.28 bits per heavy atom. The zero-order valence-electron chi connectivity index (χ0n) is 10.3. The topological polar surface area (TPSA) is 79.7 Å². The van der Waals surface area contributed by atoms with Crippen molar-refractivity contribution in [1.29, 1.82) is 0 Å². The molecule has 3 heterocycles. The Bertz CT molecular complexity index is 572. The van der Waals surface area contributed by atoms with Crippen LogP contribution < -0.4 is 0 Å². The fraction of sp³-hybridized carbons (Fsp3) is 0.455. The van der Waals surface area contributed by atoms with Crippen LogP contribution in [0.25, 0.3) is 0 Å². The largest absolute Gasteiger partial charge is 0.345 e. The SMILES string of the molecule is Cc1ccc2n1CCN(C(=O)c1nn[nH]n1)C2C. The third kappa shape index (κ3) is 1.51. The average Bonchev–Trinajstić information content (AvgIpc) is 2.99. The van der Waals surface area contributed by atoms with Gasteiger partial charge in [0.1, 0.15) is 0 Å². The van der Waals surface area contributed by atoms with Gasteiger partial charge in [0.25, 0.3) is 11.7 Å². The zero-order valence-corrected chi connectivity index (χ0v) is 10.3. The molecule has 1 unspecified atom stereocenters. The monoisotopic (exact) mass is 246 g/mol. The Labute approximate surface area is 104 Å². The maximum Gasteiger partial charge on any atom is 0.296 e. The Kier molecular flexibility index (Phi) is 2.39. The van der Waals surface area contributed by atoms with Gasteiger partial charge in [0, 0.05) is 24.5 Å². The zero-order chi connectivity index (χ0) is 12.7. The molecule has 3 rings (SSSR count). The van der Waals surface area contributed by atoms with Gasteiger partial charge in [0.05, 0.1) is 6.04 Å². The molecule has 2 aromatic heterocycles. The standard InChI is InChI=1S/C11H14N6O/c1-7-3-4-9-8(2)17(6-5-16(7)9)11(18)10-12-14-15-13-10/h3-4,8H,5-6H2,1-2H3,(H,12,13,14,15).